The van der Waals surface area contributed by atoms with Crippen molar-refractivity contribution in [3.63, 3.8) is 0 Å². The van der Waals surface area contributed by atoms with Crippen molar-refractivity contribution in [3.05, 3.63) is 0 Å². The van der Waals surface area contributed by atoms with Gasteiger partial charge in [-0.05, 0) is 0 Å². The first-order valence-corrected chi connectivity index (χ1v) is 3.79. The van der Waals surface area contributed by atoms with E-state index < -0.39 is 0 Å². The molecule has 0 bridgehead atoms. The first kappa shape index (κ1) is 6.58. The van der Waals surface area contributed by atoms with Crippen molar-refractivity contribution in [2.24, 2.45) is 0 Å². The second kappa shape index (κ2) is 3.48. The summed E-state index contributed by atoms with van der Waals surface area (Å²) in [7, 11) is 0. The van der Waals surface area contributed by atoms with Crippen LogP contribution in [-0.4, -0.2) is 6.04 Å². The van der Waals surface area contributed by atoms with Crippen LogP contribution in [0.25, 0.3) is 0 Å². The maximum atomic E-state index is 4.06. The summed E-state index contributed by atoms with van der Waals surface area (Å²) in [6.07, 6.45) is 6.84. The van der Waals surface area contributed by atoms with Crippen molar-refractivity contribution in [2.75, 3.05) is 0 Å². The number of hydrogen-bond acceptors (Lipinski definition) is 1. The predicted octanol–water partition coefficient (Wildman–Crippen LogP) is 1.37. The molecule has 0 radical (unpaired) electrons. The first-order chi connectivity index (χ1) is 3.93. The van der Waals surface area contributed by atoms with E-state index in [0.717, 1.165) is 0 Å². The van der Waals surface area contributed by atoms with Gasteiger partial charge in [-0.3, -0.25) is 0 Å². The molecule has 1 saturated carbocycles. The SMILES string of the molecule is [Co][NH]C1CCCCC1. The summed E-state index contributed by atoms with van der Waals surface area (Å²) >= 11 is 4.06. The van der Waals surface area contributed by atoms with Gasteiger partial charge >= 0.3 is 58.5 Å². The maximum absolute atomic E-state index is 4.06. The zero-order valence-electron chi connectivity index (χ0n) is 4.95. The molecule has 0 aliphatic heterocycles. The van der Waals surface area contributed by atoms with Crippen LogP contribution < -0.4 is 4.37 Å². The summed E-state index contributed by atoms with van der Waals surface area (Å²) in [5.41, 5.74) is 0. The normalized spacial score (nSPS) is 23.8. The molecule has 1 nitrogen and oxygen atoms in total. The van der Waals surface area contributed by atoms with Gasteiger partial charge in [0.25, 0.3) is 0 Å². The van der Waals surface area contributed by atoms with E-state index >= 15 is 0 Å². The Morgan fingerprint density at radius 3 is 2.12 bits per heavy atom. The van der Waals surface area contributed by atoms with Crippen LogP contribution in [-0.2, 0) is 16.0 Å². The number of hydrogen-bond donors (Lipinski definition) is 1. The van der Waals surface area contributed by atoms with Crippen LogP contribution in [0.2, 0.25) is 0 Å². The first-order valence-electron chi connectivity index (χ1n) is 3.27. The van der Waals surface area contributed by atoms with E-state index in [9.17, 15) is 0 Å². The Kier molecular flexibility index (Phi) is 2.87. The monoisotopic (exact) mass is 157 g/mol. The van der Waals surface area contributed by atoms with Gasteiger partial charge in [0, 0.05) is 0 Å². The van der Waals surface area contributed by atoms with Crippen molar-refractivity contribution in [3.8, 4) is 0 Å². The van der Waals surface area contributed by atoms with Crippen LogP contribution in [0.3, 0.4) is 0 Å². The van der Waals surface area contributed by atoms with Crippen LogP contribution in [0.1, 0.15) is 32.1 Å². The standard InChI is InChI=1S/C6H12N.Co/c7-6-4-2-1-3-5-6;/h6-7H,1-5H2;/q-1;+1. The van der Waals surface area contributed by atoms with Crippen molar-refractivity contribution in [2.45, 2.75) is 38.1 Å². The minimum absolute atomic E-state index is 0.698. The molecule has 0 saturated heterocycles. The minimum atomic E-state index is 0.698. The predicted molar refractivity (Wildman–Crippen MR) is 30.0 cm³/mol. The van der Waals surface area contributed by atoms with Gasteiger partial charge in [0.2, 0.25) is 0 Å². The van der Waals surface area contributed by atoms with Gasteiger partial charge in [0.05, 0.1) is 0 Å². The molecule has 0 aromatic carbocycles. The summed E-state index contributed by atoms with van der Waals surface area (Å²) < 4.78 is 2.99. The van der Waals surface area contributed by atoms with E-state index in [-0.39, 0.29) is 0 Å². The van der Waals surface area contributed by atoms with Crippen molar-refractivity contribution in [1.29, 1.82) is 0 Å². The fourth-order valence-electron chi connectivity index (χ4n) is 1.20. The Morgan fingerprint density at radius 1 is 1.12 bits per heavy atom. The summed E-state index contributed by atoms with van der Waals surface area (Å²) in [5, 5.41) is 0. The molecular formula is C6H12CoN. The Labute approximate surface area is 59.0 Å². The average molecular weight is 157 g/mol. The molecule has 0 aromatic rings. The van der Waals surface area contributed by atoms with Gasteiger partial charge in [-0.2, -0.15) is 0 Å². The van der Waals surface area contributed by atoms with Gasteiger partial charge < -0.3 is 0 Å². The van der Waals surface area contributed by atoms with Crippen LogP contribution in [0.5, 0.6) is 0 Å². The summed E-state index contributed by atoms with van der Waals surface area (Å²) in [6.45, 7) is 0. The number of nitrogens with one attached hydrogen (secondary N) is 1. The second-order valence-corrected chi connectivity index (χ2v) is 2.73. The summed E-state index contributed by atoms with van der Waals surface area (Å²) in [6, 6.07) is 0.698. The Bertz CT molecular complexity index is 59.5. The van der Waals surface area contributed by atoms with Crippen LogP contribution in [0.4, 0.5) is 0 Å². The Hall–Kier alpha value is 0.466. The van der Waals surface area contributed by atoms with Crippen molar-refractivity contribution >= 4 is 0 Å². The molecule has 0 amide bonds. The Morgan fingerprint density at radius 2 is 1.75 bits per heavy atom. The molecule has 1 aliphatic rings. The zero-order chi connectivity index (χ0) is 5.82. The molecule has 1 N–H and O–H groups in total. The molecule has 1 aliphatic carbocycles. The summed E-state index contributed by atoms with van der Waals surface area (Å²) in [4.78, 5) is 0. The molecular weight excluding hydrogens is 145 g/mol. The molecule has 1 rings (SSSR count). The zero-order valence-corrected chi connectivity index (χ0v) is 5.99. The van der Waals surface area contributed by atoms with E-state index in [2.05, 4.69) is 20.3 Å². The van der Waals surface area contributed by atoms with Crippen LogP contribution in [0, 0.1) is 0 Å². The van der Waals surface area contributed by atoms with E-state index in [1.165, 1.54) is 32.1 Å². The van der Waals surface area contributed by atoms with E-state index in [0.29, 0.717) is 6.04 Å². The van der Waals surface area contributed by atoms with Gasteiger partial charge in [0.1, 0.15) is 0 Å². The quantitative estimate of drug-likeness (QED) is 0.606. The molecule has 8 heavy (non-hydrogen) atoms. The third-order valence-corrected chi connectivity index (χ3v) is 2.17. The molecule has 50 valence electrons. The molecule has 2 heteroatoms. The third-order valence-electron chi connectivity index (χ3n) is 1.74. The fraction of sp³-hybridized carbons (Fsp3) is 1.00. The average Bonchev–Trinajstić information content (AvgIpc) is 1.90. The summed E-state index contributed by atoms with van der Waals surface area (Å²) in [5.74, 6) is 0. The van der Waals surface area contributed by atoms with Crippen molar-refractivity contribution < 1.29 is 16.0 Å². The molecule has 0 unspecified atom stereocenters. The van der Waals surface area contributed by atoms with Gasteiger partial charge in [-0.25, -0.2) is 0 Å². The molecule has 0 heterocycles. The van der Waals surface area contributed by atoms with E-state index in [4.69, 9.17) is 0 Å². The third kappa shape index (κ3) is 1.76. The topological polar surface area (TPSA) is 12.0 Å². The second-order valence-electron chi connectivity index (χ2n) is 2.43. The van der Waals surface area contributed by atoms with Crippen molar-refractivity contribution in [1.82, 2.24) is 4.37 Å². The molecule has 1 fully saturated rings. The van der Waals surface area contributed by atoms with Crippen LogP contribution in [0.15, 0.2) is 0 Å². The van der Waals surface area contributed by atoms with Crippen LogP contribution >= 0.6 is 0 Å². The van der Waals surface area contributed by atoms with Gasteiger partial charge in [0.15, 0.2) is 0 Å². The molecule has 0 aromatic heterocycles. The van der Waals surface area contributed by atoms with E-state index in [1.807, 2.05) is 0 Å². The molecule has 0 spiro atoms. The number of rotatable bonds is 1. The van der Waals surface area contributed by atoms with E-state index in [1.54, 1.807) is 0 Å². The van der Waals surface area contributed by atoms with Gasteiger partial charge in [-0.15, -0.1) is 0 Å². The van der Waals surface area contributed by atoms with Gasteiger partial charge in [-0.1, -0.05) is 0 Å². The fourth-order valence-corrected chi connectivity index (χ4v) is 1.50. The molecule has 0 atom stereocenters. The Balaban J connectivity index is 2.13.